The standard InChI is InChI=1S/C14H17N3O3/c1-3-20-13(18)10-17(2)14(19)12-6-8-16-9-11(12)5-4-7-15/h6,8-9H,3,7,10,15H2,1-2H3. The molecule has 1 heterocycles. The van der Waals surface area contributed by atoms with Gasteiger partial charge in [-0.25, -0.2) is 0 Å². The number of likely N-dealkylation sites (N-methyl/N-ethyl adjacent to an activating group) is 1. The van der Waals surface area contributed by atoms with Gasteiger partial charge in [0, 0.05) is 19.4 Å². The van der Waals surface area contributed by atoms with Gasteiger partial charge in [0.05, 0.1) is 24.3 Å². The second kappa shape index (κ2) is 7.92. The molecule has 0 saturated heterocycles. The summed E-state index contributed by atoms with van der Waals surface area (Å²) in [5, 5.41) is 0. The van der Waals surface area contributed by atoms with E-state index in [0.29, 0.717) is 11.1 Å². The van der Waals surface area contributed by atoms with Crippen molar-refractivity contribution >= 4 is 11.9 Å². The van der Waals surface area contributed by atoms with Crippen LogP contribution < -0.4 is 5.73 Å². The van der Waals surface area contributed by atoms with E-state index >= 15 is 0 Å². The second-order valence-corrected chi connectivity index (χ2v) is 3.89. The molecule has 0 aromatic carbocycles. The number of amides is 1. The maximum Gasteiger partial charge on any atom is 0.325 e. The van der Waals surface area contributed by atoms with Crippen molar-refractivity contribution in [1.29, 1.82) is 0 Å². The fourth-order valence-corrected chi connectivity index (χ4v) is 1.50. The molecule has 106 valence electrons. The molecule has 2 N–H and O–H groups in total. The SMILES string of the molecule is CCOC(=O)CN(C)C(=O)c1ccncc1C#CCN. The summed E-state index contributed by atoms with van der Waals surface area (Å²) in [6, 6.07) is 1.56. The summed E-state index contributed by atoms with van der Waals surface area (Å²) < 4.78 is 4.80. The predicted octanol–water partition coefficient (Wildman–Crippen LogP) is 0.0269. The van der Waals surface area contributed by atoms with Crippen LogP contribution >= 0.6 is 0 Å². The molecular weight excluding hydrogens is 258 g/mol. The molecule has 20 heavy (non-hydrogen) atoms. The number of carbonyl (C=O) groups excluding carboxylic acids is 2. The topological polar surface area (TPSA) is 85.5 Å². The molecule has 0 aliphatic heterocycles. The molecule has 0 atom stereocenters. The molecule has 1 aromatic heterocycles. The first-order valence-corrected chi connectivity index (χ1v) is 6.14. The Labute approximate surface area is 117 Å². The summed E-state index contributed by atoms with van der Waals surface area (Å²) in [6.07, 6.45) is 2.99. The monoisotopic (exact) mass is 275 g/mol. The molecule has 0 saturated carbocycles. The van der Waals surface area contributed by atoms with E-state index in [0.717, 1.165) is 0 Å². The van der Waals surface area contributed by atoms with Crippen molar-refractivity contribution in [1.82, 2.24) is 9.88 Å². The Morgan fingerprint density at radius 3 is 2.90 bits per heavy atom. The van der Waals surface area contributed by atoms with Crippen molar-refractivity contribution in [2.45, 2.75) is 6.92 Å². The lowest BCUT2D eigenvalue weighted by Gasteiger charge is -2.16. The third kappa shape index (κ3) is 4.37. The van der Waals surface area contributed by atoms with Crippen molar-refractivity contribution < 1.29 is 14.3 Å². The van der Waals surface area contributed by atoms with Gasteiger partial charge in [0.1, 0.15) is 6.54 Å². The van der Waals surface area contributed by atoms with E-state index < -0.39 is 5.97 Å². The molecule has 1 rings (SSSR count). The third-order valence-corrected chi connectivity index (χ3v) is 2.39. The number of carbonyl (C=O) groups is 2. The first kappa shape index (κ1) is 15.7. The van der Waals surface area contributed by atoms with Crippen LogP contribution in [-0.4, -0.2) is 48.5 Å². The number of nitrogens with zero attached hydrogens (tertiary/aromatic N) is 2. The van der Waals surface area contributed by atoms with E-state index in [1.807, 2.05) is 0 Å². The number of rotatable bonds is 4. The predicted molar refractivity (Wildman–Crippen MR) is 73.8 cm³/mol. The lowest BCUT2D eigenvalue weighted by Crippen LogP contribution is -2.33. The van der Waals surface area contributed by atoms with Gasteiger partial charge in [0.25, 0.3) is 5.91 Å². The fourth-order valence-electron chi connectivity index (χ4n) is 1.50. The van der Waals surface area contributed by atoms with Crippen molar-refractivity contribution in [3.8, 4) is 11.8 Å². The number of hydrogen-bond acceptors (Lipinski definition) is 5. The molecule has 0 spiro atoms. The van der Waals surface area contributed by atoms with Gasteiger partial charge in [0.15, 0.2) is 0 Å². The highest BCUT2D eigenvalue weighted by Gasteiger charge is 2.17. The highest BCUT2D eigenvalue weighted by Crippen LogP contribution is 2.08. The van der Waals surface area contributed by atoms with Gasteiger partial charge in [-0.15, -0.1) is 0 Å². The fraction of sp³-hybridized carbons (Fsp3) is 0.357. The minimum absolute atomic E-state index is 0.112. The Morgan fingerprint density at radius 1 is 1.50 bits per heavy atom. The summed E-state index contributed by atoms with van der Waals surface area (Å²) >= 11 is 0. The number of esters is 1. The number of ether oxygens (including phenoxy) is 1. The minimum atomic E-state index is -0.452. The van der Waals surface area contributed by atoms with E-state index in [1.165, 1.54) is 24.3 Å². The molecule has 6 heteroatoms. The normalized spacial score (nSPS) is 9.35. The quantitative estimate of drug-likeness (QED) is 0.619. The van der Waals surface area contributed by atoms with Gasteiger partial charge in [0.2, 0.25) is 0 Å². The molecule has 1 aromatic rings. The number of hydrogen-bond donors (Lipinski definition) is 1. The van der Waals surface area contributed by atoms with Gasteiger partial charge in [-0.1, -0.05) is 11.8 Å². The number of pyridine rings is 1. The second-order valence-electron chi connectivity index (χ2n) is 3.89. The lowest BCUT2D eigenvalue weighted by molar-refractivity contribution is -0.143. The van der Waals surface area contributed by atoms with Crippen molar-refractivity contribution in [2.24, 2.45) is 5.73 Å². The number of aromatic nitrogens is 1. The molecule has 0 aliphatic rings. The van der Waals surface area contributed by atoms with Crippen LogP contribution in [0.5, 0.6) is 0 Å². The Hall–Kier alpha value is -2.39. The van der Waals surface area contributed by atoms with Crippen LogP contribution in [-0.2, 0) is 9.53 Å². The van der Waals surface area contributed by atoms with Crippen LogP contribution in [0, 0.1) is 11.8 Å². The van der Waals surface area contributed by atoms with Crippen LogP contribution in [0.4, 0.5) is 0 Å². The van der Waals surface area contributed by atoms with E-state index in [9.17, 15) is 9.59 Å². The van der Waals surface area contributed by atoms with Crippen LogP contribution in [0.15, 0.2) is 18.5 Å². The minimum Gasteiger partial charge on any atom is -0.465 e. The Kier molecular flexibility index (Phi) is 6.20. The highest BCUT2D eigenvalue weighted by atomic mass is 16.5. The lowest BCUT2D eigenvalue weighted by atomic mass is 10.1. The van der Waals surface area contributed by atoms with Gasteiger partial charge < -0.3 is 15.4 Å². The maximum absolute atomic E-state index is 12.3. The molecule has 6 nitrogen and oxygen atoms in total. The van der Waals surface area contributed by atoms with Gasteiger partial charge in [-0.3, -0.25) is 14.6 Å². The van der Waals surface area contributed by atoms with E-state index in [2.05, 4.69) is 16.8 Å². The van der Waals surface area contributed by atoms with Crippen molar-refractivity contribution in [3.63, 3.8) is 0 Å². The van der Waals surface area contributed by atoms with Crippen molar-refractivity contribution in [2.75, 3.05) is 26.7 Å². The van der Waals surface area contributed by atoms with E-state index in [4.69, 9.17) is 10.5 Å². The van der Waals surface area contributed by atoms with Crippen LogP contribution in [0.25, 0.3) is 0 Å². The largest absolute Gasteiger partial charge is 0.465 e. The summed E-state index contributed by atoms with van der Waals surface area (Å²) in [7, 11) is 1.53. The Bertz CT molecular complexity index is 546. The zero-order valence-electron chi connectivity index (χ0n) is 11.5. The molecule has 0 unspecified atom stereocenters. The number of nitrogens with two attached hydrogens (primary N) is 1. The highest BCUT2D eigenvalue weighted by molar-refractivity contribution is 5.97. The van der Waals surface area contributed by atoms with Crippen LogP contribution in [0.2, 0.25) is 0 Å². The third-order valence-electron chi connectivity index (χ3n) is 2.39. The zero-order chi connectivity index (χ0) is 15.0. The first-order valence-electron chi connectivity index (χ1n) is 6.14. The molecule has 0 radical (unpaired) electrons. The first-order chi connectivity index (χ1) is 9.60. The average Bonchev–Trinajstić information content (AvgIpc) is 2.44. The Morgan fingerprint density at radius 2 is 2.25 bits per heavy atom. The maximum atomic E-state index is 12.3. The van der Waals surface area contributed by atoms with Gasteiger partial charge >= 0.3 is 5.97 Å². The summed E-state index contributed by atoms with van der Waals surface area (Å²) in [4.78, 5) is 28.8. The van der Waals surface area contributed by atoms with Crippen LogP contribution in [0.1, 0.15) is 22.8 Å². The van der Waals surface area contributed by atoms with Gasteiger partial charge in [-0.2, -0.15) is 0 Å². The Balaban J connectivity index is 2.89. The summed E-state index contributed by atoms with van der Waals surface area (Å²) in [5.74, 6) is 4.69. The summed E-state index contributed by atoms with van der Waals surface area (Å²) in [6.45, 7) is 2.08. The van der Waals surface area contributed by atoms with Gasteiger partial charge in [-0.05, 0) is 13.0 Å². The average molecular weight is 275 g/mol. The van der Waals surface area contributed by atoms with Crippen molar-refractivity contribution in [3.05, 3.63) is 29.6 Å². The molecule has 0 aliphatic carbocycles. The molecule has 0 fully saturated rings. The summed E-state index contributed by atoms with van der Waals surface area (Å²) in [5.41, 5.74) is 6.18. The smallest absolute Gasteiger partial charge is 0.325 e. The van der Waals surface area contributed by atoms with Crippen LogP contribution in [0.3, 0.4) is 0 Å². The van der Waals surface area contributed by atoms with E-state index in [-0.39, 0.29) is 25.6 Å². The molecule has 1 amide bonds. The zero-order valence-corrected chi connectivity index (χ0v) is 11.5. The molecular formula is C14H17N3O3. The molecule has 0 bridgehead atoms. The van der Waals surface area contributed by atoms with E-state index in [1.54, 1.807) is 13.0 Å².